The van der Waals surface area contributed by atoms with Gasteiger partial charge in [0, 0.05) is 18.9 Å². The number of carbonyl (C=O) groups excluding carboxylic acids is 1. The number of unbranched alkanes of at least 4 members (excludes halogenated alkanes) is 1. The van der Waals surface area contributed by atoms with Crippen molar-refractivity contribution in [3.05, 3.63) is 0 Å². The lowest BCUT2D eigenvalue weighted by Crippen LogP contribution is -2.33. The number of hydrogen-bond donors (Lipinski definition) is 2. The van der Waals surface area contributed by atoms with Crippen molar-refractivity contribution in [2.24, 2.45) is 0 Å². The standard InChI is InChI=1S/C11H21NO3/c1-3-9(4-2)12-10(13)7-5-6-8-11(14)15/h9H,3-8H2,1-2H3,(H,12,13)(H,14,15). The lowest BCUT2D eigenvalue weighted by Gasteiger charge is -2.14. The predicted octanol–water partition coefficient (Wildman–Crippen LogP) is 1.94. The molecule has 0 aromatic heterocycles. The summed E-state index contributed by atoms with van der Waals surface area (Å²) in [5.74, 6) is -0.760. The monoisotopic (exact) mass is 215 g/mol. The maximum absolute atomic E-state index is 11.4. The van der Waals surface area contributed by atoms with E-state index in [0.29, 0.717) is 19.3 Å². The van der Waals surface area contributed by atoms with Gasteiger partial charge in [0.25, 0.3) is 0 Å². The van der Waals surface area contributed by atoms with Crippen LogP contribution in [0.5, 0.6) is 0 Å². The maximum Gasteiger partial charge on any atom is 0.303 e. The summed E-state index contributed by atoms with van der Waals surface area (Å²) in [6.07, 6.45) is 3.70. The summed E-state index contributed by atoms with van der Waals surface area (Å²) in [6, 6.07) is 0.261. The first-order valence-electron chi connectivity index (χ1n) is 5.61. The van der Waals surface area contributed by atoms with Crippen LogP contribution in [0.3, 0.4) is 0 Å². The fraction of sp³-hybridized carbons (Fsp3) is 0.818. The number of hydrogen-bond acceptors (Lipinski definition) is 2. The fourth-order valence-electron chi connectivity index (χ4n) is 1.35. The van der Waals surface area contributed by atoms with Crippen molar-refractivity contribution in [3.8, 4) is 0 Å². The Labute approximate surface area is 91.1 Å². The summed E-state index contributed by atoms with van der Waals surface area (Å²) < 4.78 is 0. The largest absolute Gasteiger partial charge is 0.481 e. The molecule has 15 heavy (non-hydrogen) atoms. The normalized spacial score (nSPS) is 10.3. The minimum Gasteiger partial charge on any atom is -0.481 e. The second-order valence-corrected chi connectivity index (χ2v) is 3.68. The van der Waals surface area contributed by atoms with Crippen LogP contribution in [-0.2, 0) is 9.59 Å². The van der Waals surface area contributed by atoms with E-state index in [2.05, 4.69) is 5.32 Å². The number of carboxylic acids is 1. The fourth-order valence-corrected chi connectivity index (χ4v) is 1.35. The summed E-state index contributed by atoms with van der Waals surface area (Å²) in [6.45, 7) is 4.08. The number of amides is 1. The third-order valence-corrected chi connectivity index (χ3v) is 2.40. The topological polar surface area (TPSA) is 66.4 Å². The second-order valence-electron chi connectivity index (χ2n) is 3.68. The average Bonchev–Trinajstić information content (AvgIpc) is 2.20. The predicted molar refractivity (Wildman–Crippen MR) is 58.6 cm³/mol. The molecule has 0 rings (SSSR count). The van der Waals surface area contributed by atoms with E-state index in [1.807, 2.05) is 13.8 Å². The molecule has 0 saturated carbocycles. The van der Waals surface area contributed by atoms with Gasteiger partial charge in [0.15, 0.2) is 0 Å². The molecule has 0 saturated heterocycles. The number of nitrogens with one attached hydrogen (secondary N) is 1. The Bertz CT molecular complexity index is 200. The van der Waals surface area contributed by atoms with Gasteiger partial charge in [-0.25, -0.2) is 0 Å². The molecule has 0 radical (unpaired) electrons. The maximum atomic E-state index is 11.4. The molecule has 0 aliphatic heterocycles. The number of carboxylic acid groups (broad SMARTS) is 1. The Morgan fingerprint density at radius 3 is 2.13 bits per heavy atom. The average molecular weight is 215 g/mol. The minimum absolute atomic E-state index is 0.0362. The van der Waals surface area contributed by atoms with Crippen molar-refractivity contribution in [3.63, 3.8) is 0 Å². The lowest BCUT2D eigenvalue weighted by molar-refractivity contribution is -0.137. The highest BCUT2D eigenvalue weighted by Gasteiger charge is 2.07. The molecule has 4 nitrogen and oxygen atoms in total. The Morgan fingerprint density at radius 1 is 1.13 bits per heavy atom. The highest BCUT2D eigenvalue weighted by atomic mass is 16.4. The molecule has 0 aliphatic carbocycles. The van der Waals surface area contributed by atoms with E-state index >= 15 is 0 Å². The van der Waals surface area contributed by atoms with Crippen molar-refractivity contribution < 1.29 is 14.7 Å². The number of carbonyl (C=O) groups is 2. The smallest absolute Gasteiger partial charge is 0.303 e. The molecule has 0 unspecified atom stereocenters. The van der Waals surface area contributed by atoms with Gasteiger partial charge < -0.3 is 10.4 Å². The summed E-state index contributed by atoms with van der Waals surface area (Å²) in [5, 5.41) is 11.3. The first-order valence-corrected chi connectivity index (χ1v) is 5.61. The van der Waals surface area contributed by atoms with Crippen LogP contribution in [0.2, 0.25) is 0 Å². The molecule has 1 amide bonds. The van der Waals surface area contributed by atoms with E-state index in [1.54, 1.807) is 0 Å². The molecule has 0 aromatic carbocycles. The van der Waals surface area contributed by atoms with E-state index in [0.717, 1.165) is 12.8 Å². The van der Waals surface area contributed by atoms with Gasteiger partial charge >= 0.3 is 5.97 Å². The third kappa shape index (κ3) is 7.97. The summed E-state index contributed by atoms with van der Waals surface area (Å²) in [5.41, 5.74) is 0. The van der Waals surface area contributed by atoms with Crippen LogP contribution in [0.4, 0.5) is 0 Å². The zero-order valence-electron chi connectivity index (χ0n) is 9.58. The summed E-state index contributed by atoms with van der Waals surface area (Å²) in [4.78, 5) is 21.6. The van der Waals surface area contributed by atoms with Crippen LogP contribution < -0.4 is 5.32 Å². The molecular weight excluding hydrogens is 194 g/mol. The van der Waals surface area contributed by atoms with E-state index in [9.17, 15) is 9.59 Å². The lowest BCUT2D eigenvalue weighted by atomic mass is 10.1. The van der Waals surface area contributed by atoms with Crippen molar-refractivity contribution >= 4 is 11.9 Å². The molecule has 0 aromatic rings. The molecule has 0 fully saturated rings. The number of aliphatic carboxylic acids is 1. The SMILES string of the molecule is CCC(CC)NC(=O)CCCCC(=O)O. The Morgan fingerprint density at radius 2 is 1.67 bits per heavy atom. The minimum atomic E-state index is -0.796. The van der Waals surface area contributed by atoms with Crippen LogP contribution in [0.15, 0.2) is 0 Å². The second kappa shape index (κ2) is 8.26. The van der Waals surface area contributed by atoms with Crippen LogP contribution in [0.1, 0.15) is 52.4 Å². The zero-order valence-corrected chi connectivity index (χ0v) is 9.58. The molecule has 0 heterocycles. The molecule has 88 valence electrons. The zero-order chi connectivity index (χ0) is 11.7. The van der Waals surface area contributed by atoms with Crippen LogP contribution in [0, 0.1) is 0 Å². The van der Waals surface area contributed by atoms with Crippen molar-refractivity contribution in [2.75, 3.05) is 0 Å². The van der Waals surface area contributed by atoms with Gasteiger partial charge in [0.05, 0.1) is 0 Å². The molecule has 0 spiro atoms. The molecule has 0 aliphatic rings. The molecule has 4 heteroatoms. The number of rotatable bonds is 8. The third-order valence-electron chi connectivity index (χ3n) is 2.40. The summed E-state index contributed by atoms with van der Waals surface area (Å²) >= 11 is 0. The van der Waals surface area contributed by atoms with Gasteiger partial charge in [-0.3, -0.25) is 9.59 Å². The Kier molecular flexibility index (Phi) is 7.68. The highest BCUT2D eigenvalue weighted by Crippen LogP contribution is 2.02. The highest BCUT2D eigenvalue weighted by molar-refractivity contribution is 5.76. The van der Waals surface area contributed by atoms with Crippen molar-refractivity contribution in [1.82, 2.24) is 5.32 Å². The van der Waals surface area contributed by atoms with Gasteiger partial charge in [0.1, 0.15) is 0 Å². The molecule has 2 N–H and O–H groups in total. The molecule has 0 atom stereocenters. The van der Waals surface area contributed by atoms with E-state index < -0.39 is 5.97 Å². The van der Waals surface area contributed by atoms with Gasteiger partial charge in [-0.05, 0) is 25.7 Å². The molecular formula is C11H21NO3. The quantitative estimate of drug-likeness (QED) is 0.608. The summed E-state index contributed by atoms with van der Waals surface area (Å²) in [7, 11) is 0. The van der Waals surface area contributed by atoms with E-state index in [-0.39, 0.29) is 18.4 Å². The van der Waals surface area contributed by atoms with Gasteiger partial charge in [0.2, 0.25) is 5.91 Å². The Hall–Kier alpha value is -1.06. The molecule has 0 bridgehead atoms. The van der Waals surface area contributed by atoms with E-state index in [1.165, 1.54) is 0 Å². The van der Waals surface area contributed by atoms with Gasteiger partial charge in [-0.1, -0.05) is 13.8 Å². The van der Waals surface area contributed by atoms with Crippen LogP contribution in [-0.4, -0.2) is 23.0 Å². The van der Waals surface area contributed by atoms with Crippen LogP contribution >= 0.6 is 0 Å². The van der Waals surface area contributed by atoms with Gasteiger partial charge in [-0.2, -0.15) is 0 Å². The van der Waals surface area contributed by atoms with Crippen LogP contribution in [0.25, 0.3) is 0 Å². The van der Waals surface area contributed by atoms with E-state index in [4.69, 9.17) is 5.11 Å². The first-order chi connectivity index (χ1) is 7.10. The first kappa shape index (κ1) is 13.9. The van der Waals surface area contributed by atoms with Gasteiger partial charge in [-0.15, -0.1) is 0 Å². The Balaban J connectivity index is 3.52. The van der Waals surface area contributed by atoms with Crippen molar-refractivity contribution in [2.45, 2.75) is 58.4 Å². The van der Waals surface area contributed by atoms with Crippen molar-refractivity contribution in [1.29, 1.82) is 0 Å².